The maximum Gasteiger partial charge on any atom is 0.325 e. The molecular formula is C13H12ClN3O3. The molecule has 2 N–H and O–H groups in total. The van der Waals surface area contributed by atoms with Crippen LogP contribution in [0.2, 0.25) is 5.02 Å². The number of aromatic nitrogens is 2. The van der Waals surface area contributed by atoms with Crippen molar-refractivity contribution in [2.24, 2.45) is 0 Å². The summed E-state index contributed by atoms with van der Waals surface area (Å²) >= 11 is 6.01. The molecule has 0 fully saturated rings. The summed E-state index contributed by atoms with van der Waals surface area (Å²) in [6, 6.07) is 5.12. The number of hydrogen-bond donors (Lipinski definition) is 2. The first-order chi connectivity index (χ1) is 9.45. The van der Waals surface area contributed by atoms with Crippen molar-refractivity contribution in [1.29, 1.82) is 0 Å². The molecular weight excluding hydrogens is 282 g/mol. The van der Waals surface area contributed by atoms with Crippen molar-refractivity contribution in [2.45, 2.75) is 13.5 Å². The summed E-state index contributed by atoms with van der Waals surface area (Å²) in [6.07, 6.45) is 2.82. The normalized spacial score (nSPS) is 10.3. The van der Waals surface area contributed by atoms with Gasteiger partial charge in [-0.2, -0.15) is 5.10 Å². The van der Waals surface area contributed by atoms with Gasteiger partial charge >= 0.3 is 5.97 Å². The van der Waals surface area contributed by atoms with Crippen LogP contribution in [0.25, 0.3) is 0 Å². The molecule has 7 heteroatoms. The minimum Gasteiger partial charge on any atom is -0.480 e. The number of rotatable bonds is 4. The number of aliphatic carboxylic acids is 1. The zero-order valence-electron chi connectivity index (χ0n) is 10.6. The van der Waals surface area contributed by atoms with Crippen molar-refractivity contribution in [3.05, 3.63) is 46.7 Å². The topological polar surface area (TPSA) is 84.2 Å². The molecule has 0 aliphatic heterocycles. The van der Waals surface area contributed by atoms with Gasteiger partial charge in [0.05, 0.1) is 22.5 Å². The zero-order valence-corrected chi connectivity index (χ0v) is 11.4. The molecule has 104 valence electrons. The van der Waals surface area contributed by atoms with Crippen molar-refractivity contribution in [2.75, 3.05) is 5.32 Å². The molecule has 2 aromatic rings. The first-order valence-corrected chi connectivity index (χ1v) is 6.15. The Labute approximate surface area is 120 Å². The quantitative estimate of drug-likeness (QED) is 0.905. The average Bonchev–Trinajstić information content (AvgIpc) is 2.75. The number of hydrogen-bond acceptors (Lipinski definition) is 3. The Kier molecular flexibility index (Phi) is 4.05. The van der Waals surface area contributed by atoms with E-state index in [0.717, 1.165) is 5.56 Å². The Morgan fingerprint density at radius 3 is 2.85 bits per heavy atom. The summed E-state index contributed by atoms with van der Waals surface area (Å²) in [6.45, 7) is 1.62. The van der Waals surface area contributed by atoms with E-state index in [9.17, 15) is 9.59 Å². The van der Waals surface area contributed by atoms with Gasteiger partial charge in [-0.1, -0.05) is 17.7 Å². The van der Waals surface area contributed by atoms with Gasteiger partial charge in [-0.3, -0.25) is 14.3 Å². The van der Waals surface area contributed by atoms with E-state index in [-0.39, 0.29) is 12.5 Å². The maximum absolute atomic E-state index is 12.0. The third kappa shape index (κ3) is 3.36. The zero-order chi connectivity index (χ0) is 14.7. The van der Waals surface area contributed by atoms with Gasteiger partial charge in [0.2, 0.25) is 0 Å². The molecule has 0 radical (unpaired) electrons. The smallest absolute Gasteiger partial charge is 0.325 e. The van der Waals surface area contributed by atoms with E-state index in [4.69, 9.17) is 16.7 Å². The van der Waals surface area contributed by atoms with Gasteiger partial charge in [0.25, 0.3) is 5.91 Å². The molecule has 0 atom stereocenters. The van der Waals surface area contributed by atoms with Crippen LogP contribution in [0.3, 0.4) is 0 Å². The van der Waals surface area contributed by atoms with E-state index in [1.54, 1.807) is 18.2 Å². The fourth-order valence-electron chi connectivity index (χ4n) is 1.66. The minimum absolute atomic E-state index is 0.263. The lowest BCUT2D eigenvalue weighted by Crippen LogP contribution is -2.12. The van der Waals surface area contributed by atoms with Gasteiger partial charge < -0.3 is 10.4 Å². The molecule has 0 saturated heterocycles. The number of halogens is 1. The monoisotopic (exact) mass is 293 g/mol. The first kappa shape index (κ1) is 14.1. The number of aryl methyl sites for hydroxylation is 1. The molecule has 1 aromatic carbocycles. The highest BCUT2D eigenvalue weighted by Gasteiger charge is 2.12. The highest BCUT2D eigenvalue weighted by Crippen LogP contribution is 2.19. The van der Waals surface area contributed by atoms with Crippen LogP contribution in [0.15, 0.2) is 30.6 Å². The Morgan fingerprint density at radius 1 is 1.45 bits per heavy atom. The largest absolute Gasteiger partial charge is 0.480 e. The number of carbonyl (C=O) groups is 2. The Hall–Kier alpha value is -2.34. The number of carboxylic acid groups (broad SMARTS) is 1. The van der Waals surface area contributed by atoms with Crippen LogP contribution in [0.1, 0.15) is 15.9 Å². The molecule has 0 aliphatic rings. The van der Waals surface area contributed by atoms with Crippen LogP contribution in [0.5, 0.6) is 0 Å². The van der Waals surface area contributed by atoms with Crippen molar-refractivity contribution < 1.29 is 14.7 Å². The van der Waals surface area contributed by atoms with E-state index >= 15 is 0 Å². The molecule has 0 saturated carbocycles. The second-order valence-corrected chi connectivity index (χ2v) is 4.66. The first-order valence-electron chi connectivity index (χ1n) is 5.77. The molecule has 20 heavy (non-hydrogen) atoms. The Morgan fingerprint density at radius 2 is 2.20 bits per heavy atom. The molecule has 1 amide bonds. The molecule has 0 aliphatic carbocycles. The second-order valence-electron chi connectivity index (χ2n) is 4.26. The molecule has 0 bridgehead atoms. The van der Waals surface area contributed by atoms with Crippen LogP contribution in [-0.4, -0.2) is 26.8 Å². The third-order valence-electron chi connectivity index (χ3n) is 2.56. The highest BCUT2D eigenvalue weighted by atomic mass is 35.5. The van der Waals surface area contributed by atoms with Crippen LogP contribution in [-0.2, 0) is 11.3 Å². The number of anilines is 1. The van der Waals surface area contributed by atoms with Crippen LogP contribution >= 0.6 is 11.6 Å². The maximum atomic E-state index is 12.0. The van der Waals surface area contributed by atoms with Crippen molar-refractivity contribution in [1.82, 2.24) is 9.78 Å². The number of nitrogens with zero attached hydrogens (tertiary/aromatic N) is 2. The lowest BCUT2D eigenvalue weighted by atomic mass is 10.1. The summed E-state index contributed by atoms with van der Waals surface area (Å²) in [7, 11) is 0. The van der Waals surface area contributed by atoms with E-state index in [2.05, 4.69) is 10.4 Å². The number of nitrogens with one attached hydrogen (secondary N) is 1. The van der Waals surface area contributed by atoms with Crippen molar-refractivity contribution >= 4 is 29.2 Å². The SMILES string of the molecule is Cc1ccc(C(=O)Nc2cnn(CC(=O)O)c2)c(Cl)c1. The van der Waals surface area contributed by atoms with Crippen LogP contribution < -0.4 is 5.32 Å². The van der Waals surface area contributed by atoms with Crippen LogP contribution in [0.4, 0.5) is 5.69 Å². The third-order valence-corrected chi connectivity index (χ3v) is 2.87. The fourth-order valence-corrected chi connectivity index (χ4v) is 1.98. The lowest BCUT2D eigenvalue weighted by molar-refractivity contribution is -0.137. The summed E-state index contributed by atoms with van der Waals surface area (Å²) in [5.74, 6) is -1.38. The molecule has 1 heterocycles. The Balaban J connectivity index is 2.11. The minimum atomic E-state index is -1.01. The summed E-state index contributed by atoms with van der Waals surface area (Å²) < 4.78 is 1.22. The number of carbonyl (C=O) groups excluding carboxylic acids is 1. The predicted molar refractivity (Wildman–Crippen MR) is 74.0 cm³/mol. The number of carboxylic acids is 1. The van der Waals surface area contributed by atoms with Gasteiger partial charge in [-0.25, -0.2) is 0 Å². The van der Waals surface area contributed by atoms with E-state index in [1.165, 1.54) is 17.1 Å². The standard InChI is InChI=1S/C13H12ClN3O3/c1-8-2-3-10(11(14)4-8)13(20)16-9-5-15-17(6-9)7-12(18)19/h2-6H,7H2,1H3,(H,16,20)(H,18,19). The van der Waals surface area contributed by atoms with Gasteiger partial charge in [0.1, 0.15) is 6.54 Å². The van der Waals surface area contributed by atoms with E-state index < -0.39 is 5.97 Å². The fraction of sp³-hybridized carbons (Fsp3) is 0.154. The second kappa shape index (κ2) is 5.75. The highest BCUT2D eigenvalue weighted by molar-refractivity contribution is 6.34. The van der Waals surface area contributed by atoms with E-state index in [0.29, 0.717) is 16.3 Å². The Bertz CT molecular complexity index is 667. The predicted octanol–water partition coefficient (Wildman–Crippen LogP) is 2.18. The molecule has 0 unspecified atom stereocenters. The summed E-state index contributed by atoms with van der Waals surface area (Å²) in [5, 5.41) is 15.4. The van der Waals surface area contributed by atoms with Gasteiger partial charge in [-0.05, 0) is 24.6 Å². The summed E-state index contributed by atoms with van der Waals surface area (Å²) in [4.78, 5) is 22.6. The van der Waals surface area contributed by atoms with Gasteiger partial charge in [-0.15, -0.1) is 0 Å². The van der Waals surface area contributed by atoms with Crippen molar-refractivity contribution in [3.63, 3.8) is 0 Å². The van der Waals surface area contributed by atoms with E-state index in [1.807, 2.05) is 6.92 Å². The molecule has 6 nitrogen and oxygen atoms in total. The summed E-state index contributed by atoms with van der Waals surface area (Å²) in [5.41, 5.74) is 1.72. The van der Waals surface area contributed by atoms with Crippen molar-refractivity contribution in [3.8, 4) is 0 Å². The average molecular weight is 294 g/mol. The molecule has 1 aromatic heterocycles. The molecule has 2 rings (SSSR count). The van der Waals surface area contributed by atoms with Gasteiger partial charge in [0, 0.05) is 6.20 Å². The number of amides is 1. The lowest BCUT2D eigenvalue weighted by Gasteiger charge is -2.05. The molecule has 0 spiro atoms. The van der Waals surface area contributed by atoms with Gasteiger partial charge in [0.15, 0.2) is 0 Å². The number of benzene rings is 1. The van der Waals surface area contributed by atoms with Crippen LogP contribution in [0, 0.1) is 6.92 Å².